The van der Waals surface area contributed by atoms with E-state index in [1.165, 1.54) is 0 Å². The monoisotopic (exact) mass is 597 g/mol. The van der Waals surface area contributed by atoms with E-state index in [1.54, 1.807) is 6.92 Å². The summed E-state index contributed by atoms with van der Waals surface area (Å²) in [5.74, 6) is -1.56. The molecule has 1 saturated heterocycles. The summed E-state index contributed by atoms with van der Waals surface area (Å²) in [7, 11) is 0. The van der Waals surface area contributed by atoms with Crippen molar-refractivity contribution in [3.63, 3.8) is 0 Å². The zero-order chi connectivity index (χ0) is 25.7. The summed E-state index contributed by atoms with van der Waals surface area (Å²) in [4.78, 5) is 47.2. The fourth-order valence-corrected chi connectivity index (χ4v) is 5.19. The van der Waals surface area contributed by atoms with Crippen molar-refractivity contribution in [3.8, 4) is 0 Å². The number of fused-ring (bicyclic) bond motifs is 2. The highest BCUT2D eigenvalue weighted by Gasteiger charge is 2.44. The quantitative estimate of drug-likeness (QED) is 0.0991. The Bertz CT molecular complexity index is 1670. The molecular formula is C30H20IN3O3. The number of ketones is 1. The Labute approximate surface area is 227 Å². The van der Waals surface area contributed by atoms with Crippen molar-refractivity contribution in [2.45, 2.75) is 6.92 Å². The van der Waals surface area contributed by atoms with E-state index in [0.717, 1.165) is 36.3 Å². The van der Waals surface area contributed by atoms with Crippen molar-refractivity contribution in [2.75, 3.05) is 11.4 Å². The predicted molar refractivity (Wildman–Crippen MR) is 152 cm³/mol. The van der Waals surface area contributed by atoms with Gasteiger partial charge in [-0.25, -0.2) is 4.98 Å². The lowest BCUT2D eigenvalue weighted by atomic mass is 9.91. The van der Waals surface area contributed by atoms with E-state index < -0.39 is 17.6 Å². The molecule has 6 rings (SSSR count). The number of nitrogens with zero attached hydrogens (tertiary/aromatic N) is 3. The summed E-state index contributed by atoms with van der Waals surface area (Å²) in [5, 5.41) is 0.870. The molecule has 1 fully saturated rings. The minimum atomic E-state index is -0.792. The lowest BCUT2D eigenvalue weighted by Gasteiger charge is -2.33. The Hall–Kier alpha value is -4.11. The molecule has 2 aliphatic heterocycles. The zero-order valence-corrected chi connectivity index (χ0v) is 22.0. The highest BCUT2D eigenvalue weighted by atomic mass is 127. The predicted octanol–water partition coefficient (Wildman–Crippen LogP) is 5.74. The number of halogens is 1. The molecule has 1 aromatic heterocycles. The standard InChI is InChI=1S/C30H20IN3O3/c1-2-33-29(36)26(27(35)30(33)37)22-17-25(18-8-4-3-5-9-18)34(21-14-12-20(31)13-15-21)28-23(22)16-19-10-6-7-11-24(19)32-28/h3-17H,2H2,1H3/b26-22+. The molecule has 0 radical (unpaired) electrons. The minimum absolute atomic E-state index is 0.110. The molecule has 4 aromatic rings. The van der Waals surface area contributed by atoms with Crippen LogP contribution in [0, 0.1) is 3.57 Å². The minimum Gasteiger partial charge on any atom is -0.294 e. The first kappa shape index (κ1) is 23.3. The van der Waals surface area contributed by atoms with Crippen LogP contribution in [0.15, 0.2) is 96.6 Å². The number of anilines is 2. The number of benzene rings is 3. The van der Waals surface area contributed by atoms with Gasteiger partial charge in [-0.15, -0.1) is 0 Å². The van der Waals surface area contributed by atoms with Gasteiger partial charge in [-0.2, -0.15) is 0 Å². The number of Topliss-reactive ketones (excluding diaryl/α,β-unsaturated/α-hetero) is 1. The summed E-state index contributed by atoms with van der Waals surface area (Å²) < 4.78 is 1.10. The van der Waals surface area contributed by atoms with Crippen LogP contribution in [0.5, 0.6) is 0 Å². The molecule has 2 amide bonds. The molecule has 3 aromatic carbocycles. The van der Waals surface area contributed by atoms with Gasteiger partial charge in [0.25, 0.3) is 11.7 Å². The molecule has 2 aliphatic rings. The third kappa shape index (κ3) is 3.77. The van der Waals surface area contributed by atoms with E-state index >= 15 is 0 Å². The van der Waals surface area contributed by atoms with E-state index in [9.17, 15) is 14.4 Å². The number of para-hydroxylation sites is 1. The largest absolute Gasteiger partial charge is 0.302 e. The molecule has 0 spiro atoms. The number of pyridine rings is 1. The number of hydrogen-bond donors (Lipinski definition) is 0. The molecule has 0 aliphatic carbocycles. The maximum absolute atomic E-state index is 13.3. The van der Waals surface area contributed by atoms with Crippen LogP contribution >= 0.6 is 22.6 Å². The van der Waals surface area contributed by atoms with Crippen molar-refractivity contribution in [2.24, 2.45) is 0 Å². The molecule has 0 saturated carbocycles. The van der Waals surface area contributed by atoms with Gasteiger partial charge in [-0.05, 0) is 77.6 Å². The fourth-order valence-electron chi connectivity index (χ4n) is 4.83. The number of imide groups is 1. The first-order chi connectivity index (χ1) is 18.0. The van der Waals surface area contributed by atoms with Crippen LogP contribution in [-0.4, -0.2) is 34.0 Å². The number of likely N-dealkylation sites (N-methyl/N-ethyl adjacent to an activating group) is 1. The molecule has 180 valence electrons. The second-order valence-electron chi connectivity index (χ2n) is 8.73. The first-order valence-electron chi connectivity index (χ1n) is 11.9. The zero-order valence-electron chi connectivity index (χ0n) is 19.8. The number of rotatable bonds is 3. The summed E-state index contributed by atoms with van der Waals surface area (Å²) in [6.45, 7) is 1.82. The van der Waals surface area contributed by atoms with Crippen molar-refractivity contribution < 1.29 is 14.4 Å². The molecule has 6 nitrogen and oxygen atoms in total. The average molecular weight is 597 g/mol. The van der Waals surface area contributed by atoms with Crippen LogP contribution in [0.2, 0.25) is 0 Å². The second kappa shape index (κ2) is 9.08. The third-order valence-electron chi connectivity index (χ3n) is 6.59. The van der Waals surface area contributed by atoms with Gasteiger partial charge in [0.1, 0.15) is 11.4 Å². The molecule has 0 N–H and O–H groups in total. The topological polar surface area (TPSA) is 70.6 Å². The van der Waals surface area contributed by atoms with Crippen LogP contribution in [0.25, 0.3) is 22.2 Å². The number of likely N-dealkylation sites (tertiary alicyclic amines) is 1. The average Bonchev–Trinajstić information content (AvgIpc) is 3.14. The van der Waals surface area contributed by atoms with E-state index in [0.29, 0.717) is 17.0 Å². The fraction of sp³-hybridized carbons (Fsp3) is 0.0667. The molecule has 37 heavy (non-hydrogen) atoms. The van der Waals surface area contributed by atoms with E-state index in [1.807, 2.05) is 95.9 Å². The summed E-state index contributed by atoms with van der Waals surface area (Å²) >= 11 is 2.27. The summed E-state index contributed by atoms with van der Waals surface area (Å²) in [6, 6.07) is 27.5. The van der Waals surface area contributed by atoms with Crippen LogP contribution in [0.1, 0.15) is 18.1 Å². The number of carbonyl (C=O) groups excluding carboxylic acids is 3. The number of amides is 2. The molecule has 0 atom stereocenters. The normalized spacial score (nSPS) is 17.5. The van der Waals surface area contributed by atoms with Crippen molar-refractivity contribution in [1.82, 2.24) is 9.88 Å². The lowest BCUT2D eigenvalue weighted by molar-refractivity contribution is -0.142. The maximum atomic E-state index is 13.3. The second-order valence-corrected chi connectivity index (χ2v) is 9.98. The SMILES string of the molecule is CCN1C(=O)C(=O)/C(=C2/C=C(c3ccccc3)N(c3ccc(I)cc3)c3nc4ccccc4cc32)C1=O. The number of allylic oxidation sites excluding steroid dienone is 2. The number of carbonyl (C=O) groups is 3. The highest BCUT2D eigenvalue weighted by molar-refractivity contribution is 14.1. The third-order valence-corrected chi connectivity index (χ3v) is 7.31. The van der Waals surface area contributed by atoms with E-state index in [4.69, 9.17) is 4.98 Å². The van der Waals surface area contributed by atoms with Gasteiger partial charge >= 0.3 is 5.91 Å². The Morgan fingerprint density at radius 3 is 2.24 bits per heavy atom. The maximum Gasteiger partial charge on any atom is 0.302 e. The van der Waals surface area contributed by atoms with Gasteiger partial charge in [-0.3, -0.25) is 24.2 Å². The summed E-state index contributed by atoms with van der Waals surface area (Å²) in [5.41, 5.74) is 4.23. The van der Waals surface area contributed by atoms with Gasteiger partial charge < -0.3 is 0 Å². The van der Waals surface area contributed by atoms with E-state index in [-0.39, 0.29) is 12.1 Å². The highest BCUT2D eigenvalue weighted by Crippen LogP contribution is 2.46. The van der Waals surface area contributed by atoms with Crippen LogP contribution < -0.4 is 4.90 Å². The van der Waals surface area contributed by atoms with Gasteiger partial charge in [0.05, 0.1) is 11.2 Å². The van der Waals surface area contributed by atoms with Crippen molar-refractivity contribution in [3.05, 3.63) is 111 Å². The number of hydrogen-bond acceptors (Lipinski definition) is 5. The molecule has 3 heterocycles. The lowest BCUT2D eigenvalue weighted by Crippen LogP contribution is -2.30. The molecule has 0 bridgehead atoms. The van der Waals surface area contributed by atoms with Gasteiger partial charge in [0.15, 0.2) is 0 Å². The molecular weight excluding hydrogens is 577 g/mol. The van der Waals surface area contributed by atoms with Gasteiger partial charge in [0, 0.05) is 32.3 Å². The van der Waals surface area contributed by atoms with Gasteiger partial charge in [0.2, 0.25) is 0 Å². The Morgan fingerprint density at radius 2 is 1.54 bits per heavy atom. The molecule has 7 heteroatoms. The first-order valence-corrected chi connectivity index (χ1v) is 12.9. The van der Waals surface area contributed by atoms with Crippen molar-refractivity contribution >= 4 is 73.9 Å². The Morgan fingerprint density at radius 1 is 0.838 bits per heavy atom. The smallest absolute Gasteiger partial charge is 0.294 e. The van der Waals surface area contributed by atoms with Crippen molar-refractivity contribution in [1.29, 1.82) is 0 Å². The Kier molecular flexibility index (Phi) is 5.72. The van der Waals surface area contributed by atoms with E-state index in [2.05, 4.69) is 22.6 Å². The summed E-state index contributed by atoms with van der Waals surface area (Å²) in [6.07, 6.45) is 1.84. The Balaban J connectivity index is 1.72. The van der Waals surface area contributed by atoms with Crippen LogP contribution in [0.4, 0.5) is 11.5 Å². The molecule has 0 unspecified atom stereocenters. The number of aromatic nitrogens is 1. The van der Waals surface area contributed by atoms with Gasteiger partial charge in [-0.1, -0.05) is 48.5 Å². The van der Waals surface area contributed by atoms with Crippen LogP contribution in [-0.2, 0) is 14.4 Å². The van der Waals surface area contributed by atoms with Crippen LogP contribution in [0.3, 0.4) is 0 Å².